The van der Waals surface area contributed by atoms with E-state index in [9.17, 15) is 4.79 Å². The molecule has 1 aromatic carbocycles. The van der Waals surface area contributed by atoms with Gasteiger partial charge in [0.25, 0.3) is 5.91 Å². The van der Waals surface area contributed by atoms with E-state index >= 15 is 0 Å². The highest BCUT2D eigenvalue weighted by Gasteiger charge is 2.09. The van der Waals surface area contributed by atoms with Crippen molar-refractivity contribution < 1.29 is 4.79 Å². The lowest BCUT2D eigenvalue weighted by Gasteiger charge is -2.17. The number of carbonyl (C=O) groups excluding carboxylic acids is 1. The van der Waals surface area contributed by atoms with E-state index in [-0.39, 0.29) is 5.91 Å². The molecular weight excluding hydrogens is 302 g/mol. The zero-order valence-corrected chi connectivity index (χ0v) is 14.6. The van der Waals surface area contributed by atoms with Crippen LogP contribution < -0.4 is 10.2 Å². The van der Waals surface area contributed by atoms with Crippen LogP contribution in [0.5, 0.6) is 0 Å². The maximum atomic E-state index is 12.0. The number of nitrogens with one attached hydrogen (secondary N) is 1. The van der Waals surface area contributed by atoms with Gasteiger partial charge < -0.3 is 15.1 Å². The largest absolute Gasteiger partial charge is 0.352 e. The lowest BCUT2D eigenvalue weighted by atomic mass is 10.2. The molecule has 0 aliphatic rings. The standard InChI is InChI=1S/C18H25N5O/c1-22(2)11-7-10-19-17(24)16-12-20-18(21-13-16)23(3)14-15-8-5-4-6-9-15/h4-6,8-9,12-13H,7,10-11,14H2,1-3H3,(H,19,24). The quantitative estimate of drug-likeness (QED) is 0.749. The van der Waals surface area contributed by atoms with E-state index in [1.807, 2.05) is 44.2 Å². The molecule has 0 aliphatic heterocycles. The van der Waals surface area contributed by atoms with Gasteiger partial charge in [0, 0.05) is 32.5 Å². The third kappa shape index (κ3) is 5.62. The van der Waals surface area contributed by atoms with E-state index < -0.39 is 0 Å². The Morgan fingerprint density at radius 1 is 1.08 bits per heavy atom. The van der Waals surface area contributed by atoms with Crippen molar-refractivity contribution >= 4 is 11.9 Å². The summed E-state index contributed by atoms with van der Waals surface area (Å²) >= 11 is 0. The number of anilines is 1. The van der Waals surface area contributed by atoms with Crippen molar-refractivity contribution in [2.24, 2.45) is 0 Å². The summed E-state index contributed by atoms with van der Waals surface area (Å²) in [6.07, 6.45) is 4.06. The fourth-order valence-corrected chi connectivity index (χ4v) is 2.26. The molecule has 2 aromatic rings. The Labute approximate surface area is 143 Å². The lowest BCUT2D eigenvalue weighted by molar-refractivity contribution is 0.0951. The summed E-state index contributed by atoms with van der Waals surface area (Å²) in [5.41, 5.74) is 1.67. The Balaban J connectivity index is 1.86. The van der Waals surface area contributed by atoms with Crippen LogP contribution in [0.2, 0.25) is 0 Å². The molecule has 0 aliphatic carbocycles. The summed E-state index contributed by atoms with van der Waals surface area (Å²) in [7, 11) is 5.96. The summed E-state index contributed by atoms with van der Waals surface area (Å²) in [5.74, 6) is 0.467. The van der Waals surface area contributed by atoms with E-state index in [2.05, 4.69) is 32.3 Å². The first-order chi connectivity index (χ1) is 11.6. The monoisotopic (exact) mass is 327 g/mol. The maximum absolute atomic E-state index is 12.0. The minimum atomic E-state index is -0.133. The average molecular weight is 327 g/mol. The molecule has 1 heterocycles. The second-order valence-corrected chi connectivity index (χ2v) is 6.03. The van der Waals surface area contributed by atoms with Gasteiger partial charge in [0.05, 0.1) is 5.56 Å². The molecule has 0 spiro atoms. The van der Waals surface area contributed by atoms with Gasteiger partial charge in [-0.15, -0.1) is 0 Å². The van der Waals surface area contributed by atoms with Crippen LogP contribution in [0.25, 0.3) is 0 Å². The topological polar surface area (TPSA) is 61.4 Å². The summed E-state index contributed by atoms with van der Waals surface area (Å²) in [6.45, 7) is 2.31. The molecule has 0 radical (unpaired) electrons. The molecule has 0 saturated carbocycles. The van der Waals surface area contributed by atoms with Gasteiger partial charge >= 0.3 is 0 Å². The fourth-order valence-electron chi connectivity index (χ4n) is 2.26. The van der Waals surface area contributed by atoms with Crippen molar-refractivity contribution in [1.82, 2.24) is 20.2 Å². The summed E-state index contributed by atoms with van der Waals surface area (Å²) in [4.78, 5) is 24.7. The Kier molecular flexibility index (Phi) is 6.69. The van der Waals surface area contributed by atoms with Gasteiger partial charge in [-0.25, -0.2) is 9.97 Å². The van der Waals surface area contributed by atoms with Gasteiger partial charge in [-0.1, -0.05) is 30.3 Å². The maximum Gasteiger partial charge on any atom is 0.254 e. The summed E-state index contributed by atoms with van der Waals surface area (Å²) in [6, 6.07) is 10.1. The molecule has 6 nitrogen and oxygen atoms in total. The molecule has 24 heavy (non-hydrogen) atoms. The van der Waals surface area contributed by atoms with Crippen LogP contribution in [0.1, 0.15) is 22.3 Å². The molecule has 6 heteroatoms. The van der Waals surface area contributed by atoms with Crippen molar-refractivity contribution in [3.8, 4) is 0 Å². The summed E-state index contributed by atoms with van der Waals surface area (Å²) < 4.78 is 0. The number of carbonyl (C=O) groups is 1. The third-order valence-corrected chi connectivity index (χ3v) is 3.57. The number of hydrogen-bond acceptors (Lipinski definition) is 5. The Bertz CT molecular complexity index is 628. The third-order valence-electron chi connectivity index (χ3n) is 3.57. The number of amides is 1. The van der Waals surface area contributed by atoms with E-state index in [1.165, 1.54) is 5.56 Å². The lowest BCUT2D eigenvalue weighted by Crippen LogP contribution is -2.27. The summed E-state index contributed by atoms with van der Waals surface area (Å²) in [5, 5.41) is 2.88. The van der Waals surface area contributed by atoms with E-state index in [0.29, 0.717) is 18.1 Å². The molecule has 1 aromatic heterocycles. The molecule has 0 saturated heterocycles. The first-order valence-electron chi connectivity index (χ1n) is 8.06. The van der Waals surface area contributed by atoms with Crippen molar-refractivity contribution in [3.05, 3.63) is 53.9 Å². The molecule has 2 rings (SSSR count). The second kappa shape index (κ2) is 8.98. The smallest absolute Gasteiger partial charge is 0.254 e. The molecule has 0 bridgehead atoms. The van der Waals surface area contributed by atoms with Gasteiger partial charge in [-0.2, -0.15) is 0 Å². The zero-order valence-electron chi connectivity index (χ0n) is 14.6. The van der Waals surface area contributed by atoms with Crippen molar-refractivity contribution in [2.45, 2.75) is 13.0 Å². The molecule has 128 valence electrons. The van der Waals surface area contributed by atoms with Gasteiger partial charge in [-0.05, 0) is 32.6 Å². The number of aromatic nitrogens is 2. The first kappa shape index (κ1) is 17.9. The highest BCUT2D eigenvalue weighted by Crippen LogP contribution is 2.10. The number of hydrogen-bond donors (Lipinski definition) is 1. The minimum absolute atomic E-state index is 0.133. The fraction of sp³-hybridized carbons (Fsp3) is 0.389. The van der Waals surface area contributed by atoms with Crippen LogP contribution in [0, 0.1) is 0 Å². The Hall–Kier alpha value is -2.47. The SMILES string of the molecule is CN(C)CCCNC(=O)c1cnc(N(C)Cc2ccccc2)nc1. The van der Waals surface area contributed by atoms with Gasteiger partial charge in [-0.3, -0.25) is 4.79 Å². The van der Waals surface area contributed by atoms with Crippen LogP contribution >= 0.6 is 0 Å². The highest BCUT2D eigenvalue weighted by molar-refractivity contribution is 5.93. The van der Waals surface area contributed by atoms with Crippen molar-refractivity contribution in [2.75, 3.05) is 39.1 Å². The van der Waals surface area contributed by atoms with E-state index in [1.54, 1.807) is 12.4 Å². The van der Waals surface area contributed by atoms with Crippen LogP contribution in [0.4, 0.5) is 5.95 Å². The van der Waals surface area contributed by atoms with Crippen molar-refractivity contribution in [3.63, 3.8) is 0 Å². The van der Waals surface area contributed by atoms with Crippen LogP contribution in [0.3, 0.4) is 0 Å². The second-order valence-electron chi connectivity index (χ2n) is 6.03. The van der Waals surface area contributed by atoms with Crippen LogP contribution in [0.15, 0.2) is 42.7 Å². The molecule has 0 unspecified atom stereocenters. The van der Waals surface area contributed by atoms with Crippen LogP contribution in [-0.4, -0.2) is 55.0 Å². The molecule has 1 N–H and O–H groups in total. The first-order valence-corrected chi connectivity index (χ1v) is 8.06. The highest BCUT2D eigenvalue weighted by atomic mass is 16.1. The minimum Gasteiger partial charge on any atom is -0.352 e. The molecule has 1 amide bonds. The van der Waals surface area contributed by atoms with Crippen molar-refractivity contribution in [1.29, 1.82) is 0 Å². The van der Waals surface area contributed by atoms with E-state index in [0.717, 1.165) is 19.5 Å². The number of rotatable bonds is 8. The molecule has 0 atom stereocenters. The Morgan fingerprint density at radius 2 is 1.75 bits per heavy atom. The average Bonchev–Trinajstić information content (AvgIpc) is 2.59. The van der Waals surface area contributed by atoms with Gasteiger partial charge in [0.15, 0.2) is 0 Å². The Morgan fingerprint density at radius 3 is 2.38 bits per heavy atom. The van der Waals surface area contributed by atoms with Gasteiger partial charge in [0.1, 0.15) is 0 Å². The van der Waals surface area contributed by atoms with Crippen LogP contribution in [-0.2, 0) is 6.54 Å². The predicted octanol–water partition coefficient (Wildman–Crippen LogP) is 1.79. The van der Waals surface area contributed by atoms with Gasteiger partial charge in [0.2, 0.25) is 5.95 Å². The number of nitrogens with zero attached hydrogens (tertiary/aromatic N) is 4. The predicted molar refractivity (Wildman–Crippen MR) is 96.1 cm³/mol. The molecule has 0 fully saturated rings. The van der Waals surface area contributed by atoms with E-state index in [4.69, 9.17) is 0 Å². The molecular formula is C18H25N5O. The zero-order chi connectivity index (χ0) is 17.4. The number of benzene rings is 1. The normalized spacial score (nSPS) is 10.7.